The van der Waals surface area contributed by atoms with E-state index < -0.39 is 0 Å². The lowest BCUT2D eigenvalue weighted by molar-refractivity contribution is -0.117. The molecule has 2 aromatic heterocycles. The van der Waals surface area contributed by atoms with Crippen LogP contribution < -0.4 is 25.4 Å². The van der Waals surface area contributed by atoms with Gasteiger partial charge in [0.1, 0.15) is 30.5 Å². The lowest BCUT2D eigenvalue weighted by atomic mass is 9.74. The van der Waals surface area contributed by atoms with Crippen molar-refractivity contribution in [2.45, 2.75) is 19.3 Å². The van der Waals surface area contributed by atoms with E-state index in [4.69, 9.17) is 14.7 Å². The first-order valence-corrected chi connectivity index (χ1v) is 10.6. The third-order valence-electron chi connectivity index (χ3n) is 5.72. The summed E-state index contributed by atoms with van der Waals surface area (Å²) in [5.74, 6) is 2.83. The SMILES string of the molecule is CNc1cc(Nc2cccc3c2OCCO3)nc2c(NC(=O)CC3CC(C#N)C3)cnn12. The molecule has 1 aliphatic heterocycles. The van der Waals surface area contributed by atoms with Gasteiger partial charge in [-0.05, 0) is 30.9 Å². The van der Waals surface area contributed by atoms with E-state index >= 15 is 0 Å². The van der Waals surface area contributed by atoms with E-state index in [2.05, 4.69) is 32.1 Å². The summed E-state index contributed by atoms with van der Waals surface area (Å²) in [6, 6.07) is 9.71. The molecular formula is C22H23N7O3. The molecule has 1 aliphatic carbocycles. The fraction of sp³-hybridized carbons (Fsp3) is 0.364. The van der Waals surface area contributed by atoms with Crippen molar-refractivity contribution in [3.63, 3.8) is 0 Å². The van der Waals surface area contributed by atoms with Crippen molar-refractivity contribution in [1.82, 2.24) is 14.6 Å². The van der Waals surface area contributed by atoms with Gasteiger partial charge in [0.15, 0.2) is 17.1 Å². The van der Waals surface area contributed by atoms with Crippen LogP contribution in [0.5, 0.6) is 11.5 Å². The first kappa shape index (κ1) is 19.9. The van der Waals surface area contributed by atoms with E-state index in [1.165, 1.54) is 0 Å². The van der Waals surface area contributed by atoms with Crippen LogP contribution in [0.1, 0.15) is 19.3 Å². The molecule has 3 aromatic rings. The number of benzene rings is 1. The van der Waals surface area contributed by atoms with Crippen molar-refractivity contribution in [2.24, 2.45) is 11.8 Å². The molecule has 2 aliphatic rings. The summed E-state index contributed by atoms with van der Waals surface area (Å²) >= 11 is 0. The van der Waals surface area contributed by atoms with Crippen LogP contribution in [0, 0.1) is 23.2 Å². The van der Waals surface area contributed by atoms with Crippen molar-refractivity contribution in [2.75, 3.05) is 36.2 Å². The predicted octanol–water partition coefficient (Wildman–Crippen LogP) is 3.16. The van der Waals surface area contributed by atoms with Gasteiger partial charge in [-0.15, -0.1) is 0 Å². The van der Waals surface area contributed by atoms with Crippen molar-refractivity contribution in [3.05, 3.63) is 30.5 Å². The third-order valence-corrected chi connectivity index (χ3v) is 5.72. The normalized spacial score (nSPS) is 19.0. The van der Waals surface area contributed by atoms with E-state index in [1.54, 1.807) is 17.8 Å². The number of rotatable bonds is 6. The third kappa shape index (κ3) is 3.73. The molecule has 3 N–H and O–H groups in total. The topological polar surface area (TPSA) is 126 Å². The first-order chi connectivity index (χ1) is 15.6. The highest BCUT2D eigenvalue weighted by Crippen LogP contribution is 2.39. The van der Waals surface area contributed by atoms with Gasteiger partial charge in [0.2, 0.25) is 5.91 Å². The van der Waals surface area contributed by atoms with Gasteiger partial charge in [-0.3, -0.25) is 4.79 Å². The number of para-hydroxylation sites is 1. The standard InChI is InChI=1S/C22H23N7O3/c1-24-19-10-18(26-15-3-2-4-17-21(15)32-6-5-31-17)28-22-16(12-25-29(19)22)27-20(30)9-13-7-14(8-13)11-23/h2-4,10,12-14,24H,5-9H2,1H3,(H,26,28)(H,27,30). The number of aromatic nitrogens is 3. The van der Waals surface area contributed by atoms with Gasteiger partial charge < -0.3 is 25.4 Å². The van der Waals surface area contributed by atoms with Crippen molar-refractivity contribution < 1.29 is 14.3 Å². The second-order valence-corrected chi connectivity index (χ2v) is 7.94. The highest BCUT2D eigenvalue weighted by molar-refractivity contribution is 5.94. The molecule has 0 unspecified atom stereocenters. The Bertz CT molecular complexity index is 1210. The van der Waals surface area contributed by atoms with Gasteiger partial charge in [-0.25, -0.2) is 4.98 Å². The van der Waals surface area contributed by atoms with Crippen molar-refractivity contribution in [1.29, 1.82) is 5.26 Å². The second kappa shape index (κ2) is 8.26. The highest BCUT2D eigenvalue weighted by Gasteiger charge is 2.30. The molecule has 1 saturated carbocycles. The number of nitriles is 1. The molecule has 0 spiro atoms. The molecule has 0 atom stereocenters. The maximum atomic E-state index is 12.5. The van der Waals surface area contributed by atoms with Crippen LogP contribution in [0.2, 0.25) is 0 Å². The Balaban J connectivity index is 1.39. The summed E-state index contributed by atoms with van der Waals surface area (Å²) < 4.78 is 13.1. The minimum absolute atomic E-state index is 0.0800. The predicted molar refractivity (Wildman–Crippen MR) is 118 cm³/mol. The van der Waals surface area contributed by atoms with Crippen LogP contribution in [0.3, 0.4) is 0 Å². The molecule has 3 heterocycles. The molecular weight excluding hydrogens is 410 g/mol. The average Bonchev–Trinajstić information content (AvgIpc) is 3.18. The van der Waals surface area contributed by atoms with Crippen LogP contribution in [0.4, 0.5) is 23.0 Å². The average molecular weight is 433 g/mol. The Morgan fingerprint density at radius 3 is 2.94 bits per heavy atom. The molecule has 164 valence electrons. The highest BCUT2D eigenvalue weighted by atomic mass is 16.6. The first-order valence-electron chi connectivity index (χ1n) is 10.6. The van der Waals surface area contributed by atoms with Gasteiger partial charge in [0.05, 0.1) is 18.0 Å². The molecule has 10 heteroatoms. The minimum Gasteiger partial charge on any atom is -0.486 e. The minimum atomic E-state index is -0.102. The molecule has 10 nitrogen and oxygen atoms in total. The van der Waals surface area contributed by atoms with E-state index in [9.17, 15) is 4.79 Å². The van der Waals surface area contributed by atoms with Gasteiger partial charge >= 0.3 is 0 Å². The number of fused-ring (bicyclic) bond motifs is 2. The molecule has 1 aromatic carbocycles. The zero-order valence-electron chi connectivity index (χ0n) is 17.6. The number of ether oxygens (including phenoxy) is 2. The number of hydrogen-bond donors (Lipinski definition) is 3. The number of nitrogens with one attached hydrogen (secondary N) is 3. The Hall–Kier alpha value is -4.00. The van der Waals surface area contributed by atoms with Crippen LogP contribution in [0.25, 0.3) is 5.65 Å². The Labute approximate surface area is 184 Å². The molecule has 0 radical (unpaired) electrons. The Kier molecular flexibility index (Phi) is 5.15. The zero-order chi connectivity index (χ0) is 22.1. The maximum absolute atomic E-state index is 12.5. The number of nitrogens with zero attached hydrogens (tertiary/aromatic N) is 4. The number of carbonyl (C=O) groups excluding carboxylic acids is 1. The van der Waals surface area contributed by atoms with Gasteiger partial charge in [-0.1, -0.05) is 6.07 Å². The van der Waals surface area contributed by atoms with Crippen LogP contribution in [-0.2, 0) is 4.79 Å². The van der Waals surface area contributed by atoms with Crippen LogP contribution in [-0.4, -0.2) is 40.8 Å². The summed E-state index contributed by atoms with van der Waals surface area (Å²) in [5.41, 5.74) is 1.78. The fourth-order valence-corrected chi connectivity index (χ4v) is 4.07. The van der Waals surface area contributed by atoms with E-state index in [0.29, 0.717) is 54.1 Å². The van der Waals surface area contributed by atoms with Gasteiger partial charge in [0, 0.05) is 25.5 Å². The lowest BCUT2D eigenvalue weighted by Gasteiger charge is -2.29. The summed E-state index contributed by atoms with van der Waals surface area (Å²) in [7, 11) is 1.79. The smallest absolute Gasteiger partial charge is 0.224 e. The van der Waals surface area contributed by atoms with Gasteiger partial charge in [-0.2, -0.15) is 14.9 Å². The fourth-order valence-electron chi connectivity index (χ4n) is 4.07. The molecule has 0 saturated heterocycles. The zero-order valence-corrected chi connectivity index (χ0v) is 17.6. The molecule has 5 rings (SSSR count). The maximum Gasteiger partial charge on any atom is 0.224 e. The number of carbonyl (C=O) groups is 1. The monoisotopic (exact) mass is 433 g/mol. The molecule has 0 bridgehead atoms. The largest absolute Gasteiger partial charge is 0.486 e. The summed E-state index contributed by atoms with van der Waals surface area (Å²) in [6.07, 6.45) is 3.54. The lowest BCUT2D eigenvalue weighted by Crippen LogP contribution is -2.27. The summed E-state index contributed by atoms with van der Waals surface area (Å²) in [5, 5.41) is 22.6. The number of anilines is 4. The van der Waals surface area contributed by atoms with E-state index in [1.807, 2.05) is 24.3 Å². The van der Waals surface area contributed by atoms with E-state index in [-0.39, 0.29) is 17.7 Å². The Morgan fingerprint density at radius 1 is 1.28 bits per heavy atom. The number of amides is 1. The Morgan fingerprint density at radius 2 is 2.12 bits per heavy atom. The van der Waals surface area contributed by atoms with Crippen molar-refractivity contribution >= 4 is 34.6 Å². The molecule has 32 heavy (non-hydrogen) atoms. The molecule has 1 fully saturated rings. The summed E-state index contributed by atoms with van der Waals surface area (Å²) in [6.45, 7) is 0.996. The van der Waals surface area contributed by atoms with Gasteiger partial charge in [0.25, 0.3) is 0 Å². The van der Waals surface area contributed by atoms with Crippen molar-refractivity contribution in [3.8, 4) is 17.6 Å². The summed E-state index contributed by atoms with van der Waals surface area (Å²) in [4.78, 5) is 17.2. The molecule has 1 amide bonds. The van der Waals surface area contributed by atoms with E-state index in [0.717, 1.165) is 18.5 Å². The van der Waals surface area contributed by atoms with Crippen LogP contribution >= 0.6 is 0 Å². The van der Waals surface area contributed by atoms with Crippen LogP contribution in [0.15, 0.2) is 30.5 Å². The quantitative estimate of drug-likeness (QED) is 0.541. The second-order valence-electron chi connectivity index (χ2n) is 7.94. The number of hydrogen-bond acceptors (Lipinski definition) is 8.